The highest BCUT2D eigenvalue weighted by Crippen LogP contribution is 1.94. The summed E-state index contributed by atoms with van der Waals surface area (Å²) in [5.74, 6) is 0. The van der Waals surface area contributed by atoms with Crippen molar-refractivity contribution in [3.63, 3.8) is 0 Å². The van der Waals surface area contributed by atoms with Crippen molar-refractivity contribution in [3.8, 4) is 0 Å². The molecule has 2 heteroatoms. The van der Waals surface area contributed by atoms with Gasteiger partial charge in [0.25, 0.3) is 0 Å². The second-order valence-corrected chi connectivity index (χ2v) is 3.09. The van der Waals surface area contributed by atoms with Crippen molar-refractivity contribution < 1.29 is 5.21 Å². The van der Waals surface area contributed by atoms with E-state index in [4.69, 9.17) is 5.21 Å². The van der Waals surface area contributed by atoms with Crippen molar-refractivity contribution >= 4 is 5.71 Å². The maximum Gasteiger partial charge on any atom is 0.0540 e. The van der Waals surface area contributed by atoms with E-state index < -0.39 is 0 Å². The second kappa shape index (κ2) is 9.78. The summed E-state index contributed by atoms with van der Waals surface area (Å²) in [6, 6.07) is 12.0. The summed E-state index contributed by atoms with van der Waals surface area (Å²) in [5, 5.41) is 11.2. The van der Waals surface area contributed by atoms with Crippen molar-refractivity contribution in [3.05, 3.63) is 36.4 Å². The van der Waals surface area contributed by atoms with Crippen LogP contribution in [0.25, 0.3) is 0 Å². The number of nitrogens with zero attached hydrogens (tertiary/aromatic N) is 1. The van der Waals surface area contributed by atoms with E-state index in [0.717, 1.165) is 25.0 Å². The number of unbranched alkanes of at least 4 members (excludes halogenated alkanes) is 1. The molecule has 1 aromatic carbocycles. The zero-order valence-electron chi connectivity index (χ0n) is 8.98. The van der Waals surface area contributed by atoms with E-state index in [0.29, 0.717) is 0 Å². The summed E-state index contributed by atoms with van der Waals surface area (Å²) >= 11 is 0. The molecule has 0 radical (unpaired) electrons. The number of benzene rings is 1. The van der Waals surface area contributed by atoms with E-state index in [9.17, 15) is 0 Å². The van der Waals surface area contributed by atoms with Gasteiger partial charge in [-0.2, -0.15) is 0 Å². The Morgan fingerprint density at radius 1 is 1.07 bits per heavy atom. The summed E-state index contributed by atoms with van der Waals surface area (Å²) in [6.45, 7) is 3.94. The molecule has 0 saturated carbocycles. The van der Waals surface area contributed by atoms with Crippen LogP contribution in [0.2, 0.25) is 0 Å². The highest BCUT2D eigenvalue weighted by Gasteiger charge is 1.87. The van der Waals surface area contributed by atoms with E-state index in [1.165, 1.54) is 0 Å². The fraction of sp³-hybridized carbons (Fsp3) is 0.417. The smallest absolute Gasteiger partial charge is 0.0540 e. The van der Waals surface area contributed by atoms with Crippen LogP contribution in [0.4, 0.5) is 0 Å². The molecule has 0 bridgehead atoms. The molecule has 0 saturated heterocycles. The third kappa shape index (κ3) is 8.78. The Balaban J connectivity index is 0.000000249. The average molecular weight is 193 g/mol. The van der Waals surface area contributed by atoms with Gasteiger partial charge in [0, 0.05) is 0 Å². The molecule has 14 heavy (non-hydrogen) atoms. The first-order chi connectivity index (χ1) is 6.81. The van der Waals surface area contributed by atoms with E-state index in [2.05, 4.69) is 12.1 Å². The average Bonchev–Trinajstić information content (AvgIpc) is 2.29. The van der Waals surface area contributed by atoms with E-state index in [1.807, 2.05) is 43.3 Å². The molecule has 1 N–H and O–H groups in total. The molecular weight excluding hydrogens is 174 g/mol. The summed E-state index contributed by atoms with van der Waals surface area (Å²) in [4.78, 5) is 0. The lowest BCUT2D eigenvalue weighted by Gasteiger charge is -1.91. The van der Waals surface area contributed by atoms with Gasteiger partial charge in [0.1, 0.15) is 0 Å². The van der Waals surface area contributed by atoms with Crippen LogP contribution in [0.15, 0.2) is 41.6 Å². The Kier molecular flexibility index (Phi) is 8.86. The predicted molar refractivity (Wildman–Crippen MR) is 60.9 cm³/mol. The van der Waals surface area contributed by atoms with Crippen LogP contribution in [-0.2, 0) is 0 Å². The predicted octanol–water partition coefficient (Wildman–Crippen LogP) is 3.71. The van der Waals surface area contributed by atoms with Crippen molar-refractivity contribution in [2.24, 2.45) is 5.16 Å². The van der Waals surface area contributed by atoms with Crippen LogP contribution in [0.5, 0.6) is 0 Å². The Hall–Kier alpha value is -1.31. The Morgan fingerprint density at radius 2 is 1.50 bits per heavy atom. The van der Waals surface area contributed by atoms with Gasteiger partial charge in [-0.1, -0.05) is 54.9 Å². The molecule has 2 nitrogen and oxygen atoms in total. The van der Waals surface area contributed by atoms with Crippen molar-refractivity contribution in [2.45, 2.75) is 33.1 Å². The Bertz CT molecular complexity index is 205. The van der Waals surface area contributed by atoms with Gasteiger partial charge in [-0.3, -0.25) is 0 Å². The molecule has 78 valence electrons. The highest BCUT2D eigenvalue weighted by atomic mass is 16.4. The summed E-state index contributed by atoms with van der Waals surface area (Å²) < 4.78 is 0. The first kappa shape index (κ1) is 12.7. The molecule has 0 spiro atoms. The first-order valence-electron chi connectivity index (χ1n) is 4.98. The van der Waals surface area contributed by atoms with Crippen LogP contribution in [0.3, 0.4) is 0 Å². The molecule has 0 aliphatic heterocycles. The summed E-state index contributed by atoms with van der Waals surface area (Å²) in [6.07, 6.45) is 3.20. The molecule has 1 aromatic rings. The largest absolute Gasteiger partial charge is 0.411 e. The standard InChI is InChI=1S/C6H13NO.C6H6/c1-3-4-5-6(2)7-8;1-2-4-6-5-3-1/h8H,3-5H2,1-2H3;1-6H. The molecule has 0 aromatic heterocycles. The van der Waals surface area contributed by atoms with Gasteiger partial charge in [0.15, 0.2) is 0 Å². The van der Waals surface area contributed by atoms with Crippen LogP contribution >= 0.6 is 0 Å². The minimum atomic E-state index is 0.826. The first-order valence-corrected chi connectivity index (χ1v) is 4.98. The summed E-state index contributed by atoms with van der Waals surface area (Å²) in [5.41, 5.74) is 0.826. The zero-order chi connectivity index (χ0) is 10.6. The molecular formula is C12H19NO. The van der Waals surface area contributed by atoms with Crippen LogP contribution in [-0.4, -0.2) is 10.9 Å². The molecule has 0 fully saturated rings. The van der Waals surface area contributed by atoms with Gasteiger partial charge in [-0.25, -0.2) is 0 Å². The van der Waals surface area contributed by atoms with Crippen LogP contribution in [0, 0.1) is 0 Å². The second-order valence-electron chi connectivity index (χ2n) is 3.09. The van der Waals surface area contributed by atoms with Crippen molar-refractivity contribution in [1.82, 2.24) is 0 Å². The maximum atomic E-state index is 8.15. The number of rotatable bonds is 3. The minimum absolute atomic E-state index is 0.826. The van der Waals surface area contributed by atoms with E-state index in [-0.39, 0.29) is 0 Å². The van der Waals surface area contributed by atoms with E-state index in [1.54, 1.807) is 0 Å². The molecule has 0 aliphatic rings. The van der Waals surface area contributed by atoms with Crippen molar-refractivity contribution in [1.29, 1.82) is 0 Å². The molecule has 0 aliphatic carbocycles. The molecule has 0 heterocycles. The third-order valence-electron chi connectivity index (χ3n) is 1.73. The topological polar surface area (TPSA) is 32.6 Å². The monoisotopic (exact) mass is 193 g/mol. The quantitative estimate of drug-likeness (QED) is 0.443. The van der Waals surface area contributed by atoms with Crippen molar-refractivity contribution in [2.75, 3.05) is 0 Å². The minimum Gasteiger partial charge on any atom is -0.411 e. The summed E-state index contributed by atoms with van der Waals surface area (Å²) in [7, 11) is 0. The number of hydrogen-bond acceptors (Lipinski definition) is 2. The highest BCUT2D eigenvalue weighted by molar-refractivity contribution is 5.81. The van der Waals surface area contributed by atoms with Gasteiger partial charge in [0.2, 0.25) is 0 Å². The number of oxime groups is 1. The van der Waals surface area contributed by atoms with Crippen LogP contribution in [0.1, 0.15) is 33.1 Å². The van der Waals surface area contributed by atoms with Gasteiger partial charge in [-0.05, 0) is 19.8 Å². The maximum absolute atomic E-state index is 8.15. The lowest BCUT2D eigenvalue weighted by atomic mass is 10.2. The lowest BCUT2D eigenvalue weighted by Crippen LogP contribution is -1.88. The molecule has 0 unspecified atom stereocenters. The van der Waals surface area contributed by atoms with Gasteiger partial charge < -0.3 is 5.21 Å². The Morgan fingerprint density at radius 3 is 1.79 bits per heavy atom. The van der Waals surface area contributed by atoms with Gasteiger partial charge in [0.05, 0.1) is 5.71 Å². The molecule has 1 rings (SSSR count). The normalized spacial score (nSPS) is 10.3. The third-order valence-corrected chi connectivity index (χ3v) is 1.73. The number of hydrogen-bond donors (Lipinski definition) is 1. The zero-order valence-corrected chi connectivity index (χ0v) is 8.98. The SMILES string of the molecule is CCCCC(C)=NO.c1ccccc1. The Labute approximate surface area is 86.3 Å². The fourth-order valence-electron chi connectivity index (χ4n) is 0.868. The lowest BCUT2D eigenvalue weighted by molar-refractivity contribution is 0.317. The van der Waals surface area contributed by atoms with Gasteiger partial charge in [-0.15, -0.1) is 0 Å². The van der Waals surface area contributed by atoms with Crippen LogP contribution < -0.4 is 0 Å². The molecule has 0 atom stereocenters. The molecule has 0 amide bonds. The fourth-order valence-corrected chi connectivity index (χ4v) is 0.868. The van der Waals surface area contributed by atoms with E-state index >= 15 is 0 Å². The van der Waals surface area contributed by atoms with Gasteiger partial charge >= 0.3 is 0 Å².